The zero-order valence-corrected chi connectivity index (χ0v) is 10.1. The van der Waals surface area contributed by atoms with Crippen molar-refractivity contribution in [3.8, 4) is 0 Å². The van der Waals surface area contributed by atoms with Gasteiger partial charge in [-0.25, -0.2) is 0 Å². The van der Waals surface area contributed by atoms with Crippen LogP contribution in [0.1, 0.15) is 23.7 Å². The molecule has 90 valence electrons. The van der Waals surface area contributed by atoms with Gasteiger partial charge in [0.2, 0.25) is 0 Å². The maximum absolute atomic E-state index is 11.8. The predicted molar refractivity (Wildman–Crippen MR) is 65.1 cm³/mol. The molecule has 0 bridgehead atoms. The topological polar surface area (TPSA) is 71.4 Å². The highest BCUT2D eigenvalue weighted by Crippen LogP contribution is 2.18. The molecular weight excluding hydrogens is 240 g/mol. The summed E-state index contributed by atoms with van der Waals surface area (Å²) < 4.78 is 0. The van der Waals surface area contributed by atoms with Crippen LogP contribution in [0.3, 0.4) is 0 Å². The Kier molecular flexibility index (Phi) is 4.90. The van der Waals surface area contributed by atoms with E-state index in [4.69, 9.17) is 5.11 Å². The number of thioether (sulfide) groups is 1. The Bertz CT molecular complexity index is 427. The zero-order valence-electron chi connectivity index (χ0n) is 9.25. The Morgan fingerprint density at radius 2 is 1.82 bits per heavy atom. The SMILES string of the molecule is CC(=O)SC(CC(=O)c1ccccc1)C(=O)O. The van der Waals surface area contributed by atoms with Crippen LogP contribution in [0.4, 0.5) is 0 Å². The lowest BCUT2D eigenvalue weighted by atomic mass is 10.1. The quantitative estimate of drug-likeness (QED) is 0.811. The highest BCUT2D eigenvalue weighted by Gasteiger charge is 2.24. The van der Waals surface area contributed by atoms with Crippen LogP contribution in [0.2, 0.25) is 0 Å². The average molecular weight is 252 g/mol. The summed E-state index contributed by atoms with van der Waals surface area (Å²) in [4.78, 5) is 33.5. The molecule has 0 aliphatic heterocycles. The average Bonchev–Trinajstić information content (AvgIpc) is 2.28. The van der Waals surface area contributed by atoms with Gasteiger partial charge in [0.05, 0.1) is 0 Å². The second-order valence-electron chi connectivity index (χ2n) is 3.43. The van der Waals surface area contributed by atoms with Crippen molar-refractivity contribution < 1.29 is 19.5 Å². The molecule has 0 amide bonds. The fraction of sp³-hybridized carbons (Fsp3) is 0.250. The van der Waals surface area contributed by atoms with E-state index in [1.165, 1.54) is 6.92 Å². The number of carboxylic acids is 1. The number of aliphatic carboxylic acids is 1. The van der Waals surface area contributed by atoms with Gasteiger partial charge in [-0.1, -0.05) is 42.1 Å². The lowest BCUT2D eigenvalue weighted by Crippen LogP contribution is -2.21. The minimum atomic E-state index is -1.14. The van der Waals surface area contributed by atoms with E-state index in [-0.39, 0.29) is 17.3 Å². The van der Waals surface area contributed by atoms with Crippen LogP contribution in [0.25, 0.3) is 0 Å². The molecule has 1 rings (SSSR count). The first-order chi connectivity index (χ1) is 8.00. The third-order valence-corrected chi connectivity index (χ3v) is 3.03. The lowest BCUT2D eigenvalue weighted by Gasteiger charge is -2.08. The molecule has 0 aliphatic rings. The molecule has 0 spiro atoms. The second kappa shape index (κ2) is 6.20. The molecule has 0 saturated carbocycles. The zero-order chi connectivity index (χ0) is 12.8. The molecule has 0 radical (unpaired) electrons. The number of hydrogen-bond donors (Lipinski definition) is 1. The summed E-state index contributed by atoms with van der Waals surface area (Å²) in [5.74, 6) is -1.42. The Morgan fingerprint density at radius 1 is 1.24 bits per heavy atom. The summed E-state index contributed by atoms with van der Waals surface area (Å²) in [5, 5.41) is 7.57. The Morgan fingerprint density at radius 3 is 2.29 bits per heavy atom. The summed E-state index contributed by atoms with van der Waals surface area (Å²) in [6.45, 7) is 1.29. The molecule has 1 unspecified atom stereocenters. The van der Waals surface area contributed by atoms with E-state index in [1.54, 1.807) is 30.3 Å². The molecule has 0 aliphatic carbocycles. The predicted octanol–water partition coefficient (Wildman–Crippen LogP) is 1.99. The van der Waals surface area contributed by atoms with Gasteiger partial charge >= 0.3 is 5.97 Å². The molecule has 1 N–H and O–H groups in total. The van der Waals surface area contributed by atoms with Crippen molar-refractivity contribution in [2.75, 3.05) is 0 Å². The Labute approximate surface area is 103 Å². The summed E-state index contributed by atoms with van der Waals surface area (Å²) in [7, 11) is 0. The van der Waals surface area contributed by atoms with Crippen molar-refractivity contribution in [2.45, 2.75) is 18.6 Å². The number of ketones is 1. The van der Waals surface area contributed by atoms with E-state index in [0.29, 0.717) is 17.3 Å². The summed E-state index contributed by atoms with van der Waals surface area (Å²) in [5.41, 5.74) is 0.461. The first kappa shape index (κ1) is 13.4. The molecule has 1 aromatic rings. The molecule has 0 saturated heterocycles. The smallest absolute Gasteiger partial charge is 0.317 e. The van der Waals surface area contributed by atoms with Gasteiger partial charge in [-0.2, -0.15) is 0 Å². The fourth-order valence-electron chi connectivity index (χ4n) is 1.29. The van der Waals surface area contributed by atoms with E-state index in [2.05, 4.69) is 0 Å². The normalized spacial score (nSPS) is 11.8. The molecule has 0 fully saturated rings. The van der Waals surface area contributed by atoms with Crippen LogP contribution in [0.15, 0.2) is 30.3 Å². The number of benzene rings is 1. The van der Waals surface area contributed by atoms with Gasteiger partial charge in [0.15, 0.2) is 10.9 Å². The molecular formula is C12H12O4S. The molecule has 5 heteroatoms. The van der Waals surface area contributed by atoms with E-state index in [0.717, 1.165) is 0 Å². The highest BCUT2D eigenvalue weighted by atomic mass is 32.2. The molecule has 0 heterocycles. The highest BCUT2D eigenvalue weighted by molar-refractivity contribution is 8.14. The molecule has 0 aromatic heterocycles. The van der Waals surface area contributed by atoms with Gasteiger partial charge in [-0.15, -0.1) is 0 Å². The van der Waals surface area contributed by atoms with E-state index in [9.17, 15) is 14.4 Å². The van der Waals surface area contributed by atoms with Gasteiger partial charge in [-0.05, 0) is 0 Å². The summed E-state index contributed by atoms with van der Waals surface area (Å²) in [6.07, 6.45) is -0.177. The van der Waals surface area contributed by atoms with E-state index < -0.39 is 11.2 Å². The molecule has 17 heavy (non-hydrogen) atoms. The van der Waals surface area contributed by atoms with E-state index in [1.807, 2.05) is 0 Å². The molecule has 1 aromatic carbocycles. The van der Waals surface area contributed by atoms with Gasteiger partial charge in [0.25, 0.3) is 0 Å². The number of carbonyl (C=O) groups is 3. The minimum Gasteiger partial charge on any atom is -0.480 e. The van der Waals surface area contributed by atoms with Crippen LogP contribution < -0.4 is 0 Å². The summed E-state index contributed by atoms with van der Waals surface area (Å²) >= 11 is 0.671. The van der Waals surface area contributed by atoms with Crippen LogP contribution in [-0.2, 0) is 9.59 Å². The standard InChI is InChI=1S/C12H12O4S/c1-8(13)17-11(12(15)16)7-10(14)9-5-3-2-4-6-9/h2-6,11H,7H2,1H3,(H,15,16). The number of rotatable bonds is 5. The van der Waals surface area contributed by atoms with Crippen molar-refractivity contribution in [3.63, 3.8) is 0 Å². The largest absolute Gasteiger partial charge is 0.480 e. The first-order valence-electron chi connectivity index (χ1n) is 4.99. The van der Waals surface area contributed by atoms with Crippen LogP contribution in [-0.4, -0.2) is 27.2 Å². The van der Waals surface area contributed by atoms with Crippen LogP contribution in [0.5, 0.6) is 0 Å². The van der Waals surface area contributed by atoms with Crippen LogP contribution in [0, 0.1) is 0 Å². The third-order valence-electron chi connectivity index (χ3n) is 2.05. The van der Waals surface area contributed by atoms with Crippen molar-refractivity contribution >= 4 is 28.6 Å². The number of Topliss-reactive ketones (excluding diaryl/α,β-unsaturated/α-hetero) is 1. The third kappa shape index (κ3) is 4.40. The maximum atomic E-state index is 11.8. The van der Waals surface area contributed by atoms with Crippen molar-refractivity contribution in [3.05, 3.63) is 35.9 Å². The van der Waals surface area contributed by atoms with Crippen molar-refractivity contribution in [2.24, 2.45) is 0 Å². The van der Waals surface area contributed by atoms with Gasteiger partial charge in [-0.3, -0.25) is 14.4 Å². The number of hydrogen-bond acceptors (Lipinski definition) is 4. The summed E-state index contributed by atoms with van der Waals surface area (Å²) in [6, 6.07) is 8.44. The van der Waals surface area contributed by atoms with Crippen molar-refractivity contribution in [1.82, 2.24) is 0 Å². The molecule has 4 nitrogen and oxygen atoms in total. The molecule has 1 atom stereocenters. The van der Waals surface area contributed by atoms with Gasteiger partial charge in [0.1, 0.15) is 5.25 Å². The second-order valence-corrected chi connectivity index (χ2v) is 4.81. The minimum absolute atomic E-state index is 0.177. The van der Waals surface area contributed by atoms with Gasteiger partial charge < -0.3 is 5.11 Å². The maximum Gasteiger partial charge on any atom is 0.317 e. The van der Waals surface area contributed by atoms with Gasteiger partial charge in [0, 0.05) is 18.9 Å². The monoisotopic (exact) mass is 252 g/mol. The number of carboxylic acid groups (broad SMARTS) is 1. The Hall–Kier alpha value is -1.62. The van der Waals surface area contributed by atoms with E-state index >= 15 is 0 Å². The van der Waals surface area contributed by atoms with Crippen molar-refractivity contribution in [1.29, 1.82) is 0 Å². The lowest BCUT2D eigenvalue weighted by molar-refractivity contribution is -0.136. The number of carbonyl (C=O) groups excluding carboxylic acids is 2. The fourth-order valence-corrected chi connectivity index (χ4v) is 2.03. The Balaban J connectivity index is 2.71. The first-order valence-corrected chi connectivity index (χ1v) is 5.87. The van der Waals surface area contributed by atoms with Crippen LogP contribution >= 0.6 is 11.8 Å².